The van der Waals surface area contributed by atoms with Gasteiger partial charge in [-0.1, -0.05) is 31.9 Å². The van der Waals surface area contributed by atoms with Crippen molar-refractivity contribution in [1.29, 1.82) is 0 Å². The van der Waals surface area contributed by atoms with Crippen molar-refractivity contribution in [3.63, 3.8) is 0 Å². The summed E-state index contributed by atoms with van der Waals surface area (Å²) >= 11 is 0. The second-order valence-electron chi connectivity index (χ2n) is 6.01. The van der Waals surface area contributed by atoms with Crippen LogP contribution in [-0.2, 0) is 11.3 Å². The van der Waals surface area contributed by atoms with Gasteiger partial charge in [-0.2, -0.15) is 0 Å². The average molecular weight is 260 g/mol. The lowest BCUT2D eigenvalue weighted by Gasteiger charge is -2.22. The van der Waals surface area contributed by atoms with Gasteiger partial charge >= 0.3 is 0 Å². The van der Waals surface area contributed by atoms with Gasteiger partial charge in [-0.3, -0.25) is 4.79 Å². The first-order chi connectivity index (χ1) is 9.01. The lowest BCUT2D eigenvalue weighted by Crippen LogP contribution is -2.36. The normalized spacial score (nSPS) is 17.2. The van der Waals surface area contributed by atoms with Gasteiger partial charge in [0.05, 0.1) is 0 Å². The van der Waals surface area contributed by atoms with Gasteiger partial charge in [-0.15, -0.1) is 0 Å². The van der Waals surface area contributed by atoms with Crippen molar-refractivity contribution >= 4 is 11.6 Å². The van der Waals surface area contributed by atoms with E-state index in [1.807, 2.05) is 14.1 Å². The minimum Gasteiger partial charge on any atom is -0.378 e. The van der Waals surface area contributed by atoms with E-state index in [4.69, 9.17) is 0 Å². The van der Waals surface area contributed by atoms with Gasteiger partial charge in [0.2, 0.25) is 5.91 Å². The van der Waals surface area contributed by atoms with Crippen molar-refractivity contribution in [3.05, 3.63) is 29.8 Å². The molecule has 3 nitrogen and oxygen atoms in total. The van der Waals surface area contributed by atoms with Crippen LogP contribution in [0.15, 0.2) is 24.3 Å². The van der Waals surface area contributed by atoms with Crippen LogP contribution in [0.3, 0.4) is 0 Å². The molecule has 3 heteroatoms. The summed E-state index contributed by atoms with van der Waals surface area (Å²) in [6.45, 7) is 2.71. The van der Waals surface area contributed by atoms with Gasteiger partial charge in [0.25, 0.3) is 0 Å². The Kier molecular flexibility index (Phi) is 4.13. The van der Waals surface area contributed by atoms with Crippen LogP contribution in [0.2, 0.25) is 0 Å². The number of carbonyl (C=O) groups excluding carboxylic acids is 1. The minimum atomic E-state index is -0.135. The number of hydrogen-bond acceptors (Lipinski definition) is 2. The number of amides is 1. The summed E-state index contributed by atoms with van der Waals surface area (Å²) in [4.78, 5) is 14.3. The van der Waals surface area contributed by atoms with Gasteiger partial charge < -0.3 is 10.2 Å². The molecule has 1 aromatic rings. The maximum atomic E-state index is 12.2. The number of rotatable bonds is 4. The molecule has 0 aliphatic heterocycles. The highest BCUT2D eigenvalue weighted by atomic mass is 16.2. The van der Waals surface area contributed by atoms with Gasteiger partial charge in [-0.25, -0.2) is 0 Å². The molecule has 1 aromatic carbocycles. The number of anilines is 1. The van der Waals surface area contributed by atoms with Crippen LogP contribution in [0.25, 0.3) is 0 Å². The van der Waals surface area contributed by atoms with Crippen LogP contribution < -0.4 is 10.2 Å². The topological polar surface area (TPSA) is 32.3 Å². The molecule has 0 unspecified atom stereocenters. The zero-order valence-corrected chi connectivity index (χ0v) is 12.2. The van der Waals surface area contributed by atoms with E-state index in [0.717, 1.165) is 18.4 Å². The molecule has 0 atom stereocenters. The fourth-order valence-electron chi connectivity index (χ4n) is 2.69. The minimum absolute atomic E-state index is 0.135. The third-order valence-electron chi connectivity index (χ3n) is 4.16. The lowest BCUT2D eigenvalue weighted by molar-refractivity contribution is -0.130. The Balaban J connectivity index is 1.90. The van der Waals surface area contributed by atoms with E-state index >= 15 is 0 Å². The number of nitrogens with zero attached hydrogens (tertiary/aromatic N) is 1. The standard InChI is InChI=1S/C16H24N2O/c1-16(10-4-5-11-16)15(19)17-12-13-6-8-14(9-7-13)18(2)3/h6-9H,4-5,10-12H2,1-3H3,(H,17,19). The van der Waals surface area contributed by atoms with E-state index < -0.39 is 0 Å². The molecule has 0 saturated heterocycles. The third kappa shape index (κ3) is 3.28. The van der Waals surface area contributed by atoms with Crippen LogP contribution in [0, 0.1) is 5.41 Å². The van der Waals surface area contributed by atoms with Crippen molar-refractivity contribution < 1.29 is 4.79 Å². The SMILES string of the molecule is CN(C)c1ccc(CNC(=O)C2(C)CCCC2)cc1. The molecular formula is C16H24N2O. The summed E-state index contributed by atoms with van der Waals surface area (Å²) in [6.07, 6.45) is 4.42. The van der Waals surface area contributed by atoms with E-state index in [9.17, 15) is 4.79 Å². The zero-order valence-electron chi connectivity index (χ0n) is 12.2. The largest absolute Gasteiger partial charge is 0.378 e. The molecule has 0 radical (unpaired) electrons. The molecule has 0 bridgehead atoms. The number of hydrogen-bond donors (Lipinski definition) is 1. The van der Waals surface area contributed by atoms with Crippen LogP contribution in [-0.4, -0.2) is 20.0 Å². The lowest BCUT2D eigenvalue weighted by atomic mass is 9.88. The summed E-state index contributed by atoms with van der Waals surface area (Å²) in [6, 6.07) is 8.32. The molecule has 0 heterocycles. The smallest absolute Gasteiger partial charge is 0.226 e. The fourth-order valence-corrected chi connectivity index (χ4v) is 2.69. The molecule has 0 aromatic heterocycles. The van der Waals surface area contributed by atoms with Crippen molar-refractivity contribution in [2.45, 2.75) is 39.2 Å². The first-order valence-corrected chi connectivity index (χ1v) is 7.06. The number of nitrogens with one attached hydrogen (secondary N) is 1. The van der Waals surface area contributed by atoms with Gasteiger partial charge in [0, 0.05) is 31.7 Å². The first kappa shape index (κ1) is 13.9. The Hall–Kier alpha value is -1.51. The highest BCUT2D eigenvalue weighted by molar-refractivity contribution is 5.82. The fraction of sp³-hybridized carbons (Fsp3) is 0.562. The molecule has 1 saturated carbocycles. The molecule has 19 heavy (non-hydrogen) atoms. The zero-order chi connectivity index (χ0) is 13.9. The molecule has 1 fully saturated rings. The first-order valence-electron chi connectivity index (χ1n) is 7.06. The Labute approximate surface area is 116 Å². The summed E-state index contributed by atoms with van der Waals surface area (Å²) in [7, 11) is 4.05. The summed E-state index contributed by atoms with van der Waals surface area (Å²) < 4.78 is 0. The highest BCUT2D eigenvalue weighted by Gasteiger charge is 2.35. The Morgan fingerprint density at radius 2 is 1.79 bits per heavy atom. The third-order valence-corrected chi connectivity index (χ3v) is 4.16. The number of carbonyl (C=O) groups is 1. The van der Waals surface area contributed by atoms with E-state index in [1.54, 1.807) is 0 Å². The van der Waals surface area contributed by atoms with E-state index in [2.05, 4.69) is 41.4 Å². The van der Waals surface area contributed by atoms with E-state index in [-0.39, 0.29) is 11.3 Å². The van der Waals surface area contributed by atoms with E-state index in [0.29, 0.717) is 6.54 Å². The van der Waals surface area contributed by atoms with Crippen molar-refractivity contribution in [1.82, 2.24) is 5.32 Å². The Bertz CT molecular complexity index is 431. The second-order valence-corrected chi connectivity index (χ2v) is 6.01. The van der Waals surface area contributed by atoms with Crippen LogP contribution in [0.1, 0.15) is 38.2 Å². The molecule has 1 aliphatic rings. The van der Waals surface area contributed by atoms with Crippen LogP contribution in [0.4, 0.5) is 5.69 Å². The molecular weight excluding hydrogens is 236 g/mol. The molecule has 1 aliphatic carbocycles. The molecule has 2 rings (SSSR count). The predicted octanol–water partition coefficient (Wildman–Crippen LogP) is 2.95. The Morgan fingerprint density at radius 3 is 2.32 bits per heavy atom. The van der Waals surface area contributed by atoms with E-state index in [1.165, 1.54) is 18.5 Å². The average Bonchev–Trinajstić information content (AvgIpc) is 2.84. The summed E-state index contributed by atoms with van der Waals surface area (Å²) in [5, 5.41) is 3.08. The highest BCUT2D eigenvalue weighted by Crippen LogP contribution is 2.37. The molecule has 1 N–H and O–H groups in total. The molecule has 104 valence electrons. The maximum absolute atomic E-state index is 12.2. The van der Waals surface area contributed by atoms with Gasteiger partial charge in [-0.05, 0) is 30.5 Å². The van der Waals surface area contributed by atoms with Crippen molar-refractivity contribution in [3.8, 4) is 0 Å². The van der Waals surface area contributed by atoms with Crippen LogP contribution in [0.5, 0.6) is 0 Å². The van der Waals surface area contributed by atoms with Crippen molar-refractivity contribution in [2.24, 2.45) is 5.41 Å². The quantitative estimate of drug-likeness (QED) is 0.902. The molecule has 1 amide bonds. The predicted molar refractivity (Wildman–Crippen MR) is 79.2 cm³/mol. The maximum Gasteiger partial charge on any atom is 0.226 e. The van der Waals surface area contributed by atoms with Crippen molar-refractivity contribution in [2.75, 3.05) is 19.0 Å². The summed E-state index contributed by atoms with van der Waals surface area (Å²) in [5.74, 6) is 0.210. The summed E-state index contributed by atoms with van der Waals surface area (Å²) in [5.41, 5.74) is 2.20. The number of benzene rings is 1. The Morgan fingerprint density at radius 1 is 1.21 bits per heavy atom. The van der Waals surface area contributed by atoms with Crippen LogP contribution >= 0.6 is 0 Å². The van der Waals surface area contributed by atoms with Gasteiger partial charge in [0.15, 0.2) is 0 Å². The molecule has 0 spiro atoms. The monoisotopic (exact) mass is 260 g/mol. The van der Waals surface area contributed by atoms with Gasteiger partial charge in [0.1, 0.15) is 0 Å². The second kappa shape index (κ2) is 5.64.